The number of fused-ring (bicyclic) bond motifs is 1. The van der Waals surface area contributed by atoms with Gasteiger partial charge in [0, 0.05) is 36.7 Å². The maximum Gasteiger partial charge on any atom is 0.332 e. The fourth-order valence-corrected chi connectivity index (χ4v) is 4.88. The van der Waals surface area contributed by atoms with E-state index in [1.54, 1.807) is 18.4 Å². The van der Waals surface area contributed by atoms with E-state index >= 15 is 0 Å². The molecule has 1 atom stereocenters. The number of allylic oxidation sites excluding steroid dienone is 2. The number of thiophene rings is 1. The van der Waals surface area contributed by atoms with Crippen molar-refractivity contribution in [1.29, 1.82) is 0 Å². The molecule has 25 heavy (non-hydrogen) atoms. The number of ketones is 1. The molecule has 0 fully saturated rings. The van der Waals surface area contributed by atoms with E-state index in [1.807, 2.05) is 18.4 Å². The summed E-state index contributed by atoms with van der Waals surface area (Å²) in [5.41, 5.74) is 2.38. The second-order valence-electron chi connectivity index (χ2n) is 6.66. The standard InChI is InChI=1S/C18H19N3O3S/c1-9-7-8-25-15(9)13-12-10(5-4-6-11(12)22)19-16-14(13)17(23)21(3)18(24)20(16)2/h7-8,13,19H,4-6H2,1-3H3/t13-/m0/s1. The minimum absolute atomic E-state index is 0.0908. The molecule has 0 bridgehead atoms. The van der Waals surface area contributed by atoms with Crippen LogP contribution in [0.5, 0.6) is 0 Å². The van der Waals surface area contributed by atoms with Crippen LogP contribution in [0.3, 0.4) is 0 Å². The summed E-state index contributed by atoms with van der Waals surface area (Å²) in [6, 6.07) is 2.00. The van der Waals surface area contributed by atoms with Crippen molar-refractivity contribution in [3.8, 4) is 0 Å². The first-order chi connectivity index (χ1) is 11.9. The molecule has 1 aliphatic carbocycles. The molecule has 0 saturated heterocycles. The molecule has 2 aromatic rings. The van der Waals surface area contributed by atoms with Crippen LogP contribution in [-0.2, 0) is 18.9 Å². The van der Waals surface area contributed by atoms with Gasteiger partial charge in [-0.1, -0.05) is 0 Å². The fourth-order valence-electron chi connectivity index (χ4n) is 3.84. The van der Waals surface area contributed by atoms with Gasteiger partial charge < -0.3 is 5.32 Å². The largest absolute Gasteiger partial charge is 0.344 e. The van der Waals surface area contributed by atoms with E-state index in [1.165, 1.54) is 11.6 Å². The molecule has 0 spiro atoms. The monoisotopic (exact) mass is 357 g/mol. The molecule has 0 unspecified atom stereocenters. The first kappa shape index (κ1) is 16.1. The summed E-state index contributed by atoms with van der Waals surface area (Å²) in [6.45, 7) is 1.99. The number of carbonyl (C=O) groups is 1. The fraction of sp³-hybridized carbons (Fsp3) is 0.389. The molecule has 0 amide bonds. The molecule has 1 N–H and O–H groups in total. The smallest absolute Gasteiger partial charge is 0.332 e. The minimum Gasteiger partial charge on any atom is -0.344 e. The Bertz CT molecular complexity index is 1050. The normalized spacial score (nSPS) is 19.5. The number of Topliss-reactive ketones (excluding diaryl/α,β-unsaturated/α-hetero) is 1. The number of aryl methyl sites for hydroxylation is 1. The number of hydrogen-bond donors (Lipinski definition) is 1. The number of carbonyl (C=O) groups excluding carboxylic acids is 1. The van der Waals surface area contributed by atoms with Gasteiger partial charge in [-0.15, -0.1) is 11.3 Å². The van der Waals surface area contributed by atoms with Crippen molar-refractivity contribution >= 4 is 22.9 Å². The number of rotatable bonds is 1. The molecule has 2 aromatic heterocycles. The highest BCUT2D eigenvalue weighted by Crippen LogP contribution is 2.45. The van der Waals surface area contributed by atoms with Crippen LogP contribution in [-0.4, -0.2) is 14.9 Å². The number of hydrogen-bond acceptors (Lipinski definition) is 5. The predicted molar refractivity (Wildman–Crippen MR) is 97.3 cm³/mol. The van der Waals surface area contributed by atoms with Gasteiger partial charge >= 0.3 is 5.69 Å². The van der Waals surface area contributed by atoms with Crippen LogP contribution in [0.1, 0.15) is 41.2 Å². The number of nitrogens with one attached hydrogen (secondary N) is 1. The average molecular weight is 357 g/mol. The van der Waals surface area contributed by atoms with Gasteiger partial charge in [-0.3, -0.25) is 18.7 Å². The van der Waals surface area contributed by atoms with E-state index < -0.39 is 5.92 Å². The van der Waals surface area contributed by atoms with Crippen LogP contribution in [0.25, 0.3) is 0 Å². The average Bonchev–Trinajstić information content (AvgIpc) is 3.02. The number of aromatic nitrogens is 2. The Morgan fingerprint density at radius 2 is 1.92 bits per heavy atom. The van der Waals surface area contributed by atoms with Gasteiger partial charge in [0.2, 0.25) is 0 Å². The third-order valence-electron chi connectivity index (χ3n) is 5.17. The highest BCUT2D eigenvalue weighted by atomic mass is 32.1. The van der Waals surface area contributed by atoms with Gasteiger partial charge in [0.05, 0.1) is 11.5 Å². The highest BCUT2D eigenvalue weighted by Gasteiger charge is 2.39. The zero-order valence-electron chi connectivity index (χ0n) is 14.4. The predicted octanol–water partition coefficient (Wildman–Crippen LogP) is 2.02. The molecule has 6 nitrogen and oxygen atoms in total. The second kappa shape index (κ2) is 5.56. The first-order valence-electron chi connectivity index (χ1n) is 8.29. The van der Waals surface area contributed by atoms with Crippen molar-refractivity contribution in [3.05, 3.63) is 59.6 Å². The lowest BCUT2D eigenvalue weighted by Gasteiger charge is -2.34. The van der Waals surface area contributed by atoms with Crippen LogP contribution < -0.4 is 16.6 Å². The summed E-state index contributed by atoms with van der Waals surface area (Å²) in [7, 11) is 3.14. The molecule has 1 aliphatic heterocycles. The molecule has 0 radical (unpaired) electrons. The van der Waals surface area contributed by atoms with Crippen molar-refractivity contribution in [3.63, 3.8) is 0 Å². The summed E-state index contributed by atoms with van der Waals surface area (Å²) in [5, 5.41) is 5.21. The minimum atomic E-state index is -0.399. The summed E-state index contributed by atoms with van der Waals surface area (Å²) in [6.07, 6.45) is 2.04. The molecule has 130 valence electrons. The molecular weight excluding hydrogens is 338 g/mol. The SMILES string of the molecule is Cc1ccsc1[C@H]1C2=C(CCCC2=O)Nc2c1c(=O)n(C)c(=O)n2C. The first-order valence-corrected chi connectivity index (χ1v) is 9.17. The van der Waals surface area contributed by atoms with Gasteiger partial charge in [-0.25, -0.2) is 4.79 Å². The molecule has 3 heterocycles. The van der Waals surface area contributed by atoms with E-state index in [0.717, 1.165) is 33.5 Å². The zero-order chi connectivity index (χ0) is 17.9. The Morgan fingerprint density at radius 1 is 1.16 bits per heavy atom. The van der Waals surface area contributed by atoms with Crippen LogP contribution in [0, 0.1) is 6.92 Å². The maximum atomic E-state index is 13.0. The van der Waals surface area contributed by atoms with E-state index in [0.29, 0.717) is 23.4 Å². The van der Waals surface area contributed by atoms with Gasteiger partial charge in [-0.05, 0) is 36.8 Å². The third-order valence-corrected chi connectivity index (χ3v) is 6.25. The van der Waals surface area contributed by atoms with Crippen LogP contribution in [0.2, 0.25) is 0 Å². The Morgan fingerprint density at radius 3 is 2.60 bits per heavy atom. The molecule has 0 aromatic carbocycles. The lowest BCUT2D eigenvalue weighted by molar-refractivity contribution is -0.116. The summed E-state index contributed by atoms with van der Waals surface area (Å²) >= 11 is 1.55. The van der Waals surface area contributed by atoms with Gasteiger partial charge in [0.1, 0.15) is 5.82 Å². The molecule has 4 rings (SSSR count). The quantitative estimate of drug-likeness (QED) is 0.847. The van der Waals surface area contributed by atoms with Gasteiger partial charge in [0.25, 0.3) is 5.56 Å². The van der Waals surface area contributed by atoms with Crippen molar-refractivity contribution in [2.24, 2.45) is 14.1 Å². The van der Waals surface area contributed by atoms with E-state index in [2.05, 4.69) is 5.32 Å². The lowest BCUT2D eigenvalue weighted by Crippen LogP contribution is -2.43. The molecule has 7 heteroatoms. The number of nitrogens with zero attached hydrogens (tertiary/aromatic N) is 2. The van der Waals surface area contributed by atoms with Crippen molar-refractivity contribution in [1.82, 2.24) is 9.13 Å². The second-order valence-corrected chi connectivity index (χ2v) is 7.61. The molecular formula is C18H19N3O3S. The van der Waals surface area contributed by atoms with Crippen LogP contribution >= 0.6 is 11.3 Å². The Hall–Kier alpha value is -2.41. The van der Waals surface area contributed by atoms with E-state index in [-0.39, 0.29) is 17.0 Å². The topological polar surface area (TPSA) is 73.1 Å². The highest BCUT2D eigenvalue weighted by molar-refractivity contribution is 7.10. The molecule has 0 saturated carbocycles. The van der Waals surface area contributed by atoms with Crippen molar-refractivity contribution in [2.45, 2.75) is 32.1 Å². The van der Waals surface area contributed by atoms with E-state index in [4.69, 9.17) is 0 Å². The Balaban J connectivity index is 2.11. The summed E-state index contributed by atoms with van der Waals surface area (Å²) < 4.78 is 2.59. The Kier molecular flexibility index (Phi) is 3.57. The lowest BCUT2D eigenvalue weighted by atomic mass is 9.78. The molecule has 2 aliphatic rings. The van der Waals surface area contributed by atoms with Crippen LogP contribution in [0.4, 0.5) is 5.82 Å². The third kappa shape index (κ3) is 2.18. The van der Waals surface area contributed by atoms with Gasteiger partial charge in [0.15, 0.2) is 5.78 Å². The summed E-state index contributed by atoms with van der Waals surface area (Å²) in [5.74, 6) is 0.206. The summed E-state index contributed by atoms with van der Waals surface area (Å²) in [4.78, 5) is 39.1. The maximum absolute atomic E-state index is 13.0. The van der Waals surface area contributed by atoms with Crippen LogP contribution in [0.15, 0.2) is 32.3 Å². The number of anilines is 1. The van der Waals surface area contributed by atoms with E-state index in [9.17, 15) is 14.4 Å². The zero-order valence-corrected chi connectivity index (χ0v) is 15.2. The van der Waals surface area contributed by atoms with Crippen molar-refractivity contribution in [2.75, 3.05) is 5.32 Å². The van der Waals surface area contributed by atoms with Gasteiger partial charge in [-0.2, -0.15) is 0 Å². The van der Waals surface area contributed by atoms with Crippen molar-refractivity contribution < 1.29 is 4.79 Å². The Labute approximate surface area is 148 Å².